The maximum absolute atomic E-state index is 4.20. The molecule has 236 valence electrons. The largest absolute Gasteiger partial charge is 0.382 e. The highest BCUT2D eigenvalue weighted by Gasteiger charge is 2.44. The van der Waals surface area contributed by atoms with Crippen LogP contribution in [0.2, 0.25) is 0 Å². The highest BCUT2D eigenvalue weighted by Crippen LogP contribution is 2.46. The smallest absolute Gasteiger partial charge is 0.0424 e. The number of benzene rings is 1. The molecule has 0 aromatic heterocycles. The molecule has 1 aromatic carbocycles. The summed E-state index contributed by atoms with van der Waals surface area (Å²) in [5.41, 5.74) is 4.37. The quantitative estimate of drug-likeness (QED) is 0.174. The van der Waals surface area contributed by atoms with E-state index >= 15 is 0 Å². The summed E-state index contributed by atoms with van der Waals surface area (Å²) in [6.07, 6.45) is 10.2. The molecule has 2 heterocycles. The van der Waals surface area contributed by atoms with Gasteiger partial charge in [0, 0.05) is 56.8 Å². The predicted molar refractivity (Wildman–Crippen MR) is 183 cm³/mol. The van der Waals surface area contributed by atoms with Crippen LogP contribution in [0.15, 0.2) is 18.2 Å². The standard InChI is InChI=1S/C36H67N5/c1-14-18-36(17-4,35(13,15-2)16-3)39-28-20-26(37-29-22-31(5,6)40-32(7,8)23-29)19-27(21-28)38-30-24-33(9,10)41-34(11,12)25-30/h19-21,29-30,37-41H,14-18,22-25H2,1-13H3. The third-order valence-electron chi connectivity index (χ3n) is 10.4. The minimum atomic E-state index is 0.0542. The molecular weight excluding hydrogens is 502 g/mol. The van der Waals surface area contributed by atoms with Crippen LogP contribution in [-0.4, -0.2) is 39.8 Å². The molecule has 2 aliphatic rings. The molecule has 2 aliphatic heterocycles. The molecular formula is C36H67N5. The minimum Gasteiger partial charge on any atom is -0.382 e. The molecule has 1 unspecified atom stereocenters. The van der Waals surface area contributed by atoms with Crippen LogP contribution in [0.1, 0.15) is 148 Å². The average molecular weight is 570 g/mol. The van der Waals surface area contributed by atoms with Gasteiger partial charge in [0.2, 0.25) is 0 Å². The van der Waals surface area contributed by atoms with E-state index in [-0.39, 0.29) is 33.1 Å². The van der Waals surface area contributed by atoms with Crippen LogP contribution in [0.4, 0.5) is 17.1 Å². The first-order valence-electron chi connectivity index (χ1n) is 16.8. The maximum atomic E-state index is 4.20. The fourth-order valence-corrected chi connectivity index (χ4v) is 9.02. The van der Waals surface area contributed by atoms with E-state index in [2.05, 4.69) is 135 Å². The Hall–Kier alpha value is -1.46. The highest BCUT2D eigenvalue weighted by molar-refractivity contribution is 5.68. The third-order valence-corrected chi connectivity index (χ3v) is 10.4. The van der Waals surface area contributed by atoms with Gasteiger partial charge in [0.15, 0.2) is 0 Å². The van der Waals surface area contributed by atoms with E-state index in [0.717, 1.165) is 32.1 Å². The number of rotatable bonds is 12. The van der Waals surface area contributed by atoms with E-state index in [1.807, 2.05) is 0 Å². The lowest BCUT2D eigenvalue weighted by molar-refractivity contribution is 0.131. The van der Waals surface area contributed by atoms with Crippen LogP contribution >= 0.6 is 0 Å². The molecule has 0 bridgehead atoms. The van der Waals surface area contributed by atoms with E-state index < -0.39 is 0 Å². The van der Waals surface area contributed by atoms with Crippen molar-refractivity contribution in [3.05, 3.63) is 18.2 Å². The van der Waals surface area contributed by atoms with Crippen molar-refractivity contribution in [3.63, 3.8) is 0 Å². The number of nitrogens with one attached hydrogen (secondary N) is 5. The maximum Gasteiger partial charge on any atom is 0.0424 e. The van der Waals surface area contributed by atoms with Crippen LogP contribution in [0, 0.1) is 5.41 Å². The van der Waals surface area contributed by atoms with Crippen LogP contribution in [-0.2, 0) is 0 Å². The summed E-state index contributed by atoms with van der Waals surface area (Å²) < 4.78 is 0. The first-order chi connectivity index (χ1) is 18.8. The van der Waals surface area contributed by atoms with E-state index in [9.17, 15) is 0 Å². The summed E-state index contributed by atoms with van der Waals surface area (Å²) >= 11 is 0. The zero-order chi connectivity index (χ0) is 30.9. The van der Waals surface area contributed by atoms with Crippen LogP contribution in [0.5, 0.6) is 0 Å². The Labute approximate surface area is 254 Å². The van der Waals surface area contributed by atoms with Crippen molar-refractivity contribution in [2.45, 2.75) is 188 Å². The molecule has 0 radical (unpaired) electrons. The van der Waals surface area contributed by atoms with Gasteiger partial charge in [0.05, 0.1) is 0 Å². The van der Waals surface area contributed by atoms with Gasteiger partial charge in [-0.2, -0.15) is 0 Å². The topological polar surface area (TPSA) is 60.1 Å². The molecule has 2 fully saturated rings. The van der Waals surface area contributed by atoms with Crippen molar-refractivity contribution in [3.8, 4) is 0 Å². The molecule has 5 nitrogen and oxygen atoms in total. The zero-order valence-corrected chi connectivity index (χ0v) is 29.3. The summed E-state index contributed by atoms with van der Waals surface area (Å²) in [7, 11) is 0. The Morgan fingerprint density at radius 2 is 1.00 bits per heavy atom. The van der Waals surface area contributed by atoms with Crippen molar-refractivity contribution in [1.82, 2.24) is 10.6 Å². The van der Waals surface area contributed by atoms with Gasteiger partial charge >= 0.3 is 0 Å². The second kappa shape index (κ2) is 12.3. The van der Waals surface area contributed by atoms with Crippen LogP contribution in [0.3, 0.4) is 0 Å². The first kappa shape index (κ1) is 34.0. The van der Waals surface area contributed by atoms with E-state index in [1.165, 1.54) is 42.7 Å². The van der Waals surface area contributed by atoms with Crippen molar-refractivity contribution < 1.29 is 0 Å². The Balaban J connectivity index is 2.02. The number of hydrogen-bond acceptors (Lipinski definition) is 5. The second-order valence-corrected chi connectivity index (χ2v) is 16.7. The molecule has 1 aromatic rings. The SMILES string of the molecule is CCCC(CC)(Nc1cc(NC2CC(C)(C)NC(C)(C)C2)cc(NC2CC(C)(C)NC(C)(C)C2)c1)C(C)(CC)CC. The van der Waals surface area contributed by atoms with E-state index in [1.54, 1.807) is 0 Å². The molecule has 0 saturated carbocycles. The highest BCUT2D eigenvalue weighted by atomic mass is 15.1. The van der Waals surface area contributed by atoms with Gasteiger partial charge in [-0.15, -0.1) is 0 Å². The lowest BCUT2D eigenvalue weighted by atomic mass is 9.63. The van der Waals surface area contributed by atoms with Crippen molar-refractivity contribution in [2.24, 2.45) is 5.41 Å². The van der Waals surface area contributed by atoms with Gasteiger partial charge in [0.25, 0.3) is 0 Å². The van der Waals surface area contributed by atoms with Crippen LogP contribution in [0.25, 0.3) is 0 Å². The average Bonchev–Trinajstić information content (AvgIpc) is 2.78. The number of anilines is 3. The van der Waals surface area contributed by atoms with Crippen molar-refractivity contribution >= 4 is 17.1 Å². The Morgan fingerprint density at radius 3 is 1.32 bits per heavy atom. The fourth-order valence-electron chi connectivity index (χ4n) is 9.02. The van der Waals surface area contributed by atoms with Gasteiger partial charge in [-0.1, -0.05) is 41.0 Å². The summed E-state index contributed by atoms with van der Waals surface area (Å²) in [6, 6.07) is 7.97. The summed E-state index contributed by atoms with van der Waals surface area (Å²) in [4.78, 5) is 0. The summed E-state index contributed by atoms with van der Waals surface area (Å²) in [5.74, 6) is 0. The monoisotopic (exact) mass is 570 g/mol. The molecule has 5 N–H and O–H groups in total. The summed E-state index contributed by atoms with van der Waals surface area (Å²) in [6.45, 7) is 30.7. The second-order valence-electron chi connectivity index (χ2n) is 16.7. The van der Waals surface area contributed by atoms with Crippen LogP contribution < -0.4 is 26.6 Å². The Morgan fingerprint density at radius 1 is 0.634 bits per heavy atom. The minimum absolute atomic E-state index is 0.0542. The normalized spacial score (nSPS) is 23.9. The molecule has 1 atom stereocenters. The van der Waals surface area contributed by atoms with Gasteiger partial charge in [-0.3, -0.25) is 0 Å². The third kappa shape index (κ3) is 8.56. The molecule has 3 rings (SSSR count). The van der Waals surface area contributed by atoms with Crippen molar-refractivity contribution in [1.29, 1.82) is 0 Å². The molecule has 0 amide bonds. The lowest BCUT2D eigenvalue weighted by Gasteiger charge is -2.50. The van der Waals surface area contributed by atoms with E-state index in [0.29, 0.717) is 12.1 Å². The lowest BCUT2D eigenvalue weighted by Crippen LogP contribution is -2.60. The summed E-state index contributed by atoms with van der Waals surface area (Å²) in [5, 5.41) is 19.9. The number of piperidine rings is 2. The van der Waals surface area contributed by atoms with Gasteiger partial charge in [-0.05, 0) is 130 Å². The molecule has 41 heavy (non-hydrogen) atoms. The zero-order valence-electron chi connectivity index (χ0n) is 29.3. The molecule has 0 spiro atoms. The van der Waals surface area contributed by atoms with Gasteiger partial charge < -0.3 is 26.6 Å². The molecule has 5 heteroatoms. The van der Waals surface area contributed by atoms with Gasteiger partial charge in [0.1, 0.15) is 0 Å². The first-order valence-corrected chi connectivity index (χ1v) is 16.8. The fraction of sp³-hybridized carbons (Fsp3) is 0.833. The van der Waals surface area contributed by atoms with E-state index in [4.69, 9.17) is 0 Å². The van der Waals surface area contributed by atoms with Crippen molar-refractivity contribution in [2.75, 3.05) is 16.0 Å². The molecule has 2 saturated heterocycles. The molecule has 0 aliphatic carbocycles. The predicted octanol–water partition coefficient (Wildman–Crippen LogP) is 9.32. The van der Waals surface area contributed by atoms with Gasteiger partial charge in [-0.25, -0.2) is 0 Å². The number of hydrogen-bond donors (Lipinski definition) is 5. The Bertz CT molecular complexity index is 915. The Kier molecular flexibility index (Phi) is 10.2.